The number of nitrogens with one attached hydrogen (secondary N) is 2. The van der Waals surface area contributed by atoms with Crippen molar-refractivity contribution >= 4 is 22.5 Å². The first-order chi connectivity index (χ1) is 13.3. The highest BCUT2D eigenvalue weighted by atomic mass is 16.5. The molecule has 0 radical (unpaired) electrons. The van der Waals surface area contributed by atoms with Gasteiger partial charge in [-0.25, -0.2) is 0 Å². The number of fused-ring (bicyclic) bond motifs is 1. The van der Waals surface area contributed by atoms with Gasteiger partial charge in [0.1, 0.15) is 11.8 Å². The maximum atomic E-state index is 13.4. The van der Waals surface area contributed by atoms with E-state index in [1.807, 2.05) is 66.7 Å². The molecule has 134 valence electrons. The number of Topliss-reactive ketones (excluding diaryl/α,β-unsaturated/α-hetero) is 1. The predicted octanol–water partition coefficient (Wildman–Crippen LogP) is 4.61. The number of carbonyl (C=O) groups is 1. The van der Waals surface area contributed by atoms with Gasteiger partial charge in [0.05, 0.1) is 23.7 Å². The highest BCUT2D eigenvalue weighted by molar-refractivity contribution is 6.10. The SMILES string of the molecule is COc1cccc(NC(C(=O)c2c[nH]c3cccnc23)c2ccccc2)c1. The van der Waals surface area contributed by atoms with Gasteiger partial charge in [-0.15, -0.1) is 0 Å². The molecule has 0 fully saturated rings. The van der Waals surface area contributed by atoms with Crippen LogP contribution in [0.15, 0.2) is 79.1 Å². The highest BCUT2D eigenvalue weighted by Gasteiger charge is 2.25. The zero-order valence-corrected chi connectivity index (χ0v) is 14.8. The van der Waals surface area contributed by atoms with Crippen LogP contribution in [0.4, 0.5) is 5.69 Å². The molecule has 5 nitrogen and oxygen atoms in total. The van der Waals surface area contributed by atoms with Crippen molar-refractivity contribution in [1.82, 2.24) is 9.97 Å². The van der Waals surface area contributed by atoms with Crippen LogP contribution in [-0.2, 0) is 0 Å². The zero-order valence-electron chi connectivity index (χ0n) is 14.8. The maximum Gasteiger partial charge on any atom is 0.193 e. The summed E-state index contributed by atoms with van der Waals surface area (Å²) >= 11 is 0. The fourth-order valence-electron chi connectivity index (χ4n) is 3.12. The molecule has 0 aliphatic rings. The van der Waals surface area contributed by atoms with Crippen LogP contribution in [0, 0.1) is 0 Å². The number of nitrogens with zero attached hydrogens (tertiary/aromatic N) is 1. The Kier molecular flexibility index (Phi) is 4.58. The summed E-state index contributed by atoms with van der Waals surface area (Å²) in [5.74, 6) is 0.682. The summed E-state index contributed by atoms with van der Waals surface area (Å²) in [6.45, 7) is 0. The van der Waals surface area contributed by atoms with Crippen LogP contribution in [0.5, 0.6) is 5.75 Å². The molecule has 2 heterocycles. The fraction of sp³-hybridized carbons (Fsp3) is 0.0909. The Morgan fingerprint density at radius 1 is 1.07 bits per heavy atom. The van der Waals surface area contributed by atoms with Gasteiger partial charge in [0, 0.05) is 24.1 Å². The Balaban J connectivity index is 1.74. The van der Waals surface area contributed by atoms with Crippen LogP contribution < -0.4 is 10.1 Å². The van der Waals surface area contributed by atoms with Crippen molar-refractivity contribution in [3.8, 4) is 5.75 Å². The van der Waals surface area contributed by atoms with Gasteiger partial charge in [0.15, 0.2) is 5.78 Å². The van der Waals surface area contributed by atoms with E-state index in [9.17, 15) is 4.79 Å². The molecule has 0 amide bonds. The monoisotopic (exact) mass is 357 g/mol. The van der Waals surface area contributed by atoms with E-state index in [2.05, 4.69) is 15.3 Å². The van der Waals surface area contributed by atoms with Crippen LogP contribution >= 0.6 is 0 Å². The summed E-state index contributed by atoms with van der Waals surface area (Å²) in [4.78, 5) is 20.9. The molecule has 5 heteroatoms. The number of rotatable bonds is 6. The second-order valence-corrected chi connectivity index (χ2v) is 6.19. The Morgan fingerprint density at radius 2 is 1.93 bits per heavy atom. The van der Waals surface area contributed by atoms with E-state index in [1.54, 1.807) is 19.5 Å². The summed E-state index contributed by atoms with van der Waals surface area (Å²) in [5, 5.41) is 3.35. The first-order valence-corrected chi connectivity index (χ1v) is 8.68. The minimum atomic E-state index is -0.542. The molecule has 0 spiro atoms. The molecular weight excluding hydrogens is 338 g/mol. The Hall–Kier alpha value is -3.60. The largest absolute Gasteiger partial charge is 0.497 e. The average molecular weight is 357 g/mol. The van der Waals surface area contributed by atoms with Gasteiger partial charge in [-0.3, -0.25) is 9.78 Å². The number of ketones is 1. The van der Waals surface area contributed by atoms with Gasteiger partial charge in [-0.05, 0) is 29.8 Å². The van der Waals surface area contributed by atoms with Crippen molar-refractivity contribution < 1.29 is 9.53 Å². The normalized spacial score (nSPS) is 11.9. The van der Waals surface area contributed by atoms with Gasteiger partial charge >= 0.3 is 0 Å². The average Bonchev–Trinajstić information content (AvgIpc) is 3.16. The van der Waals surface area contributed by atoms with E-state index in [4.69, 9.17) is 4.74 Å². The topological polar surface area (TPSA) is 67.0 Å². The zero-order chi connectivity index (χ0) is 18.6. The van der Waals surface area contributed by atoms with E-state index in [-0.39, 0.29) is 5.78 Å². The molecule has 1 atom stereocenters. The molecule has 0 aliphatic carbocycles. The van der Waals surface area contributed by atoms with Crippen LogP contribution in [0.3, 0.4) is 0 Å². The van der Waals surface area contributed by atoms with Crippen LogP contribution in [0.1, 0.15) is 22.0 Å². The van der Waals surface area contributed by atoms with Gasteiger partial charge < -0.3 is 15.0 Å². The lowest BCUT2D eigenvalue weighted by molar-refractivity contribution is 0.0971. The molecule has 0 saturated heterocycles. The van der Waals surface area contributed by atoms with Crippen molar-refractivity contribution in [1.29, 1.82) is 0 Å². The molecule has 4 aromatic rings. The number of aromatic nitrogens is 2. The first-order valence-electron chi connectivity index (χ1n) is 8.68. The number of pyridine rings is 1. The standard InChI is InChI=1S/C22H19N3O2/c1-27-17-10-5-9-16(13-17)25-20(15-7-3-2-4-8-15)22(26)18-14-24-19-11-6-12-23-21(18)19/h2-14,20,24-25H,1H3. The summed E-state index contributed by atoms with van der Waals surface area (Å²) in [7, 11) is 1.62. The Labute approximate surface area is 157 Å². The smallest absolute Gasteiger partial charge is 0.193 e. The van der Waals surface area contributed by atoms with E-state index in [0.717, 1.165) is 22.5 Å². The molecule has 4 rings (SSSR count). The quantitative estimate of drug-likeness (QED) is 0.495. The van der Waals surface area contributed by atoms with Gasteiger partial charge in [0.2, 0.25) is 0 Å². The number of methoxy groups -OCH3 is 1. The van der Waals surface area contributed by atoms with E-state index < -0.39 is 6.04 Å². The van der Waals surface area contributed by atoms with Gasteiger partial charge in [-0.2, -0.15) is 0 Å². The number of aromatic amines is 1. The van der Waals surface area contributed by atoms with Crippen LogP contribution in [0.2, 0.25) is 0 Å². The number of hydrogen-bond donors (Lipinski definition) is 2. The molecule has 0 aliphatic heterocycles. The number of hydrogen-bond acceptors (Lipinski definition) is 4. The first kappa shape index (κ1) is 16.8. The maximum absolute atomic E-state index is 13.4. The summed E-state index contributed by atoms with van der Waals surface area (Å²) in [6, 6.07) is 20.4. The highest BCUT2D eigenvalue weighted by Crippen LogP contribution is 2.28. The fourth-order valence-corrected chi connectivity index (χ4v) is 3.12. The van der Waals surface area contributed by atoms with E-state index in [0.29, 0.717) is 11.1 Å². The van der Waals surface area contributed by atoms with Crippen molar-refractivity contribution in [2.24, 2.45) is 0 Å². The second kappa shape index (κ2) is 7.33. The lowest BCUT2D eigenvalue weighted by Gasteiger charge is -2.19. The summed E-state index contributed by atoms with van der Waals surface area (Å²) in [6.07, 6.45) is 3.42. The third kappa shape index (κ3) is 3.40. The Bertz CT molecular complexity index is 1070. The summed E-state index contributed by atoms with van der Waals surface area (Å²) < 4.78 is 5.29. The third-order valence-corrected chi connectivity index (χ3v) is 4.48. The van der Waals surface area contributed by atoms with Crippen molar-refractivity contribution in [3.05, 3.63) is 90.3 Å². The summed E-state index contributed by atoms with van der Waals surface area (Å²) in [5.41, 5.74) is 3.78. The molecule has 2 N–H and O–H groups in total. The minimum absolute atomic E-state index is 0.0473. The number of H-pyrrole nitrogens is 1. The number of carbonyl (C=O) groups excluding carboxylic acids is 1. The van der Waals surface area contributed by atoms with E-state index in [1.165, 1.54) is 0 Å². The van der Waals surface area contributed by atoms with Crippen LogP contribution in [0.25, 0.3) is 11.0 Å². The van der Waals surface area contributed by atoms with Crippen molar-refractivity contribution in [2.45, 2.75) is 6.04 Å². The molecule has 1 unspecified atom stereocenters. The molecule has 2 aromatic heterocycles. The van der Waals surface area contributed by atoms with Gasteiger partial charge in [-0.1, -0.05) is 36.4 Å². The number of benzene rings is 2. The van der Waals surface area contributed by atoms with Crippen molar-refractivity contribution in [2.75, 3.05) is 12.4 Å². The molecular formula is C22H19N3O2. The lowest BCUT2D eigenvalue weighted by atomic mass is 9.98. The second-order valence-electron chi connectivity index (χ2n) is 6.19. The minimum Gasteiger partial charge on any atom is -0.497 e. The number of ether oxygens (including phenoxy) is 1. The molecule has 2 aromatic carbocycles. The van der Waals surface area contributed by atoms with Gasteiger partial charge in [0.25, 0.3) is 0 Å². The third-order valence-electron chi connectivity index (χ3n) is 4.48. The molecule has 0 saturated carbocycles. The van der Waals surface area contributed by atoms with Crippen LogP contribution in [-0.4, -0.2) is 22.9 Å². The predicted molar refractivity (Wildman–Crippen MR) is 106 cm³/mol. The Morgan fingerprint density at radius 3 is 2.74 bits per heavy atom. The molecule has 0 bridgehead atoms. The van der Waals surface area contributed by atoms with Crippen molar-refractivity contribution in [3.63, 3.8) is 0 Å². The molecule has 27 heavy (non-hydrogen) atoms. The lowest BCUT2D eigenvalue weighted by Crippen LogP contribution is -2.21. The van der Waals surface area contributed by atoms with E-state index >= 15 is 0 Å². The number of anilines is 1.